The Morgan fingerprint density at radius 2 is 0.605 bits per heavy atom. The van der Waals surface area contributed by atoms with Gasteiger partial charge in [0, 0.05) is 56.2 Å². The van der Waals surface area contributed by atoms with Gasteiger partial charge in [0.05, 0.1) is 21.7 Å². The number of phenols is 7. The Hall–Kier alpha value is -7.36. The SMILES string of the molecule is CCC(C)(C)C(=O)Oc1cc(O)c(O)c(O)c1.CCOC(C)Oc1cc(OC(=O)C(C)(C)CC)cc(O)c1O.CCOC(C)Oc1cc(OC(=O)C(C)(C)CC)ccc1O.CCOC(C)Oc1cc(OC(=O)C(C)(C)CC)ccc1O. The average Bonchev–Trinajstić information content (AvgIpc) is 3.43. The van der Waals surface area contributed by atoms with E-state index >= 15 is 0 Å². The van der Waals surface area contributed by atoms with Crippen molar-refractivity contribution in [1.82, 2.24) is 0 Å². The Kier molecular flexibility index (Phi) is 29.0. The Morgan fingerprint density at radius 3 is 0.889 bits per heavy atom. The number of esters is 4. The average molecular weight is 1150 g/mol. The number of aromatic hydroxyl groups is 7. The topological polar surface area (TPSA) is 302 Å². The largest absolute Gasteiger partial charge is 0.504 e. The maximum atomic E-state index is 12.1. The van der Waals surface area contributed by atoms with Crippen LogP contribution in [0.3, 0.4) is 0 Å². The van der Waals surface area contributed by atoms with Crippen LogP contribution in [0.4, 0.5) is 0 Å². The summed E-state index contributed by atoms with van der Waals surface area (Å²) in [7, 11) is 0. The van der Waals surface area contributed by atoms with Crippen molar-refractivity contribution in [2.75, 3.05) is 19.8 Å². The van der Waals surface area contributed by atoms with Gasteiger partial charge >= 0.3 is 23.9 Å². The number of rotatable bonds is 24. The molecule has 0 spiro atoms. The summed E-state index contributed by atoms with van der Waals surface area (Å²) < 4.78 is 53.0. The summed E-state index contributed by atoms with van der Waals surface area (Å²) in [5, 5.41) is 66.7. The first-order valence-corrected chi connectivity index (χ1v) is 26.8. The van der Waals surface area contributed by atoms with Gasteiger partial charge in [-0.1, -0.05) is 27.7 Å². The van der Waals surface area contributed by atoms with E-state index < -0.39 is 81.2 Å². The van der Waals surface area contributed by atoms with Crippen LogP contribution in [-0.4, -0.2) is 98.3 Å². The van der Waals surface area contributed by atoms with Gasteiger partial charge in [-0.15, -0.1) is 0 Å². The van der Waals surface area contributed by atoms with Gasteiger partial charge in [-0.3, -0.25) is 19.2 Å². The van der Waals surface area contributed by atoms with E-state index in [0.717, 1.165) is 18.2 Å². The molecule has 0 aromatic heterocycles. The van der Waals surface area contributed by atoms with Crippen LogP contribution in [-0.2, 0) is 33.4 Å². The van der Waals surface area contributed by atoms with Gasteiger partial charge in [0.2, 0.25) is 11.5 Å². The third-order valence-electron chi connectivity index (χ3n) is 12.6. The molecule has 454 valence electrons. The van der Waals surface area contributed by atoms with Crippen molar-refractivity contribution in [2.24, 2.45) is 21.7 Å². The molecule has 0 aliphatic heterocycles. The van der Waals surface area contributed by atoms with E-state index in [2.05, 4.69) is 0 Å². The molecule has 21 nitrogen and oxygen atoms in total. The Balaban J connectivity index is 0.000000542. The van der Waals surface area contributed by atoms with Gasteiger partial charge in [0.1, 0.15) is 23.0 Å². The van der Waals surface area contributed by atoms with E-state index in [9.17, 15) is 49.8 Å². The molecule has 0 aliphatic rings. The van der Waals surface area contributed by atoms with Gasteiger partial charge in [0.15, 0.2) is 64.9 Å². The van der Waals surface area contributed by atoms with Crippen molar-refractivity contribution in [2.45, 2.75) is 169 Å². The van der Waals surface area contributed by atoms with E-state index in [1.165, 1.54) is 42.5 Å². The highest BCUT2D eigenvalue weighted by Gasteiger charge is 2.31. The second-order valence-corrected chi connectivity index (χ2v) is 20.8. The standard InChI is InChI=1S/C16H24O6.2C16H24O5.C12H16O5/c1-6-16(4,5)15(19)22-11-8-12(17)14(18)13(9-11)21-10(3)20-7-2;2*1-6-16(4,5)15(18)21-12-8-9-13(17)14(10-12)20-11(3)19-7-2;1-4-12(2,3)11(16)17-7-5-8(13)10(15)9(14)6-7/h8-10,17-18H,6-7H2,1-5H3;2*8-11,17H,6-7H2,1-5H3;5-6,13-15H,4H2,1-3H3. The number of carbonyl (C=O) groups is 4. The molecule has 4 rings (SSSR count). The highest BCUT2D eigenvalue weighted by molar-refractivity contribution is 5.80. The van der Waals surface area contributed by atoms with Crippen LogP contribution < -0.4 is 33.2 Å². The second-order valence-electron chi connectivity index (χ2n) is 20.8. The Labute approximate surface area is 476 Å². The zero-order chi connectivity index (χ0) is 62.2. The molecule has 4 aromatic rings. The molecule has 3 atom stereocenters. The number of benzene rings is 4. The molecule has 21 heteroatoms. The number of phenolic OH excluding ortho intramolecular Hbond substituents is 7. The van der Waals surface area contributed by atoms with Crippen molar-refractivity contribution in [3.63, 3.8) is 0 Å². The zero-order valence-electron chi connectivity index (χ0n) is 50.3. The molecule has 0 aliphatic carbocycles. The third kappa shape index (κ3) is 23.7. The van der Waals surface area contributed by atoms with Crippen molar-refractivity contribution in [1.29, 1.82) is 0 Å². The molecule has 3 unspecified atom stereocenters. The summed E-state index contributed by atoms with van der Waals surface area (Å²) in [5.74, 6) is -3.01. The van der Waals surface area contributed by atoms with E-state index in [4.69, 9.17) is 52.5 Å². The maximum absolute atomic E-state index is 12.1. The van der Waals surface area contributed by atoms with Crippen LogP contribution in [0, 0.1) is 21.7 Å². The molecule has 0 saturated heterocycles. The van der Waals surface area contributed by atoms with Gasteiger partial charge in [-0.2, -0.15) is 0 Å². The third-order valence-corrected chi connectivity index (χ3v) is 12.6. The monoisotopic (exact) mass is 1140 g/mol. The first kappa shape index (κ1) is 71.7. The number of ether oxygens (including phenoxy) is 10. The molecule has 0 radical (unpaired) electrons. The van der Waals surface area contributed by atoms with Gasteiger partial charge in [0.25, 0.3) is 0 Å². The molecule has 81 heavy (non-hydrogen) atoms. The van der Waals surface area contributed by atoms with E-state index in [0.29, 0.717) is 57.0 Å². The highest BCUT2D eigenvalue weighted by atomic mass is 16.7. The van der Waals surface area contributed by atoms with Crippen molar-refractivity contribution in [3.8, 4) is 80.5 Å². The smallest absolute Gasteiger partial charge is 0.316 e. The molecule has 7 N–H and O–H groups in total. The molecular formula is C60H88O21. The van der Waals surface area contributed by atoms with Crippen molar-refractivity contribution >= 4 is 23.9 Å². The minimum absolute atomic E-state index is 0.00988. The van der Waals surface area contributed by atoms with Crippen LogP contribution in [0.15, 0.2) is 60.7 Å². The minimum Gasteiger partial charge on any atom is -0.504 e. The summed E-state index contributed by atoms with van der Waals surface area (Å²) in [5.41, 5.74) is -2.41. The summed E-state index contributed by atoms with van der Waals surface area (Å²) in [6.07, 6.45) is 0.942. The lowest BCUT2D eigenvalue weighted by molar-refractivity contribution is -0.144. The summed E-state index contributed by atoms with van der Waals surface area (Å²) >= 11 is 0. The number of carbonyl (C=O) groups excluding carboxylic acids is 4. The molecule has 0 fully saturated rings. The molecular weight excluding hydrogens is 1060 g/mol. The fourth-order valence-electron chi connectivity index (χ4n) is 5.56. The van der Waals surface area contributed by atoms with Crippen LogP contribution in [0.1, 0.15) is 150 Å². The lowest BCUT2D eigenvalue weighted by atomic mass is 9.91. The second kappa shape index (κ2) is 32.8. The van der Waals surface area contributed by atoms with E-state index in [1.807, 2.05) is 76.2 Å². The molecule has 0 saturated carbocycles. The quantitative estimate of drug-likeness (QED) is 0.0148. The van der Waals surface area contributed by atoms with E-state index in [1.54, 1.807) is 48.5 Å². The Morgan fingerprint density at radius 1 is 0.358 bits per heavy atom. The molecule has 4 aromatic carbocycles. The van der Waals surface area contributed by atoms with Crippen molar-refractivity contribution < 1.29 is 102 Å². The summed E-state index contributed by atoms with van der Waals surface area (Å²) in [6, 6.07) is 13.5. The normalized spacial score (nSPS) is 12.5. The predicted molar refractivity (Wildman–Crippen MR) is 301 cm³/mol. The van der Waals surface area contributed by atoms with Crippen LogP contribution >= 0.6 is 0 Å². The van der Waals surface area contributed by atoms with Crippen LogP contribution in [0.2, 0.25) is 0 Å². The van der Waals surface area contributed by atoms with Gasteiger partial charge in [-0.05, 0) is 147 Å². The lowest BCUT2D eigenvalue weighted by Gasteiger charge is -2.21. The maximum Gasteiger partial charge on any atom is 0.316 e. The molecule has 0 heterocycles. The first-order valence-electron chi connectivity index (χ1n) is 26.8. The molecule has 0 bridgehead atoms. The predicted octanol–water partition coefficient (Wildman–Crippen LogP) is 12.3. The summed E-state index contributed by atoms with van der Waals surface area (Å²) in [6.45, 7) is 33.9. The van der Waals surface area contributed by atoms with Gasteiger partial charge < -0.3 is 83.1 Å². The number of hydrogen-bond acceptors (Lipinski definition) is 21. The lowest BCUT2D eigenvalue weighted by Crippen LogP contribution is -2.28. The fraction of sp³-hybridized carbons (Fsp3) is 0.533. The van der Waals surface area contributed by atoms with E-state index in [-0.39, 0.29) is 52.2 Å². The first-order chi connectivity index (χ1) is 37.6. The minimum atomic E-state index is -0.650. The van der Waals surface area contributed by atoms with Gasteiger partial charge in [-0.25, -0.2) is 0 Å². The van der Waals surface area contributed by atoms with Crippen LogP contribution in [0.5, 0.6) is 80.5 Å². The highest BCUT2D eigenvalue weighted by Crippen LogP contribution is 2.42. The fourth-order valence-corrected chi connectivity index (χ4v) is 5.56. The van der Waals surface area contributed by atoms with Crippen LogP contribution in [0.25, 0.3) is 0 Å². The summed E-state index contributed by atoms with van der Waals surface area (Å²) in [4.78, 5) is 47.9. The van der Waals surface area contributed by atoms with Crippen molar-refractivity contribution in [3.05, 3.63) is 60.7 Å². The Bertz CT molecular complexity index is 2530. The molecule has 0 amide bonds. The zero-order valence-corrected chi connectivity index (χ0v) is 50.3. The number of hydrogen-bond donors (Lipinski definition) is 7.